The summed E-state index contributed by atoms with van der Waals surface area (Å²) in [6.45, 7) is 3.46. The molecule has 1 aliphatic rings. The van der Waals surface area contributed by atoms with Crippen LogP contribution in [0.4, 0.5) is 0 Å². The summed E-state index contributed by atoms with van der Waals surface area (Å²) in [6, 6.07) is 2.72. The average Bonchev–Trinajstić information content (AvgIpc) is 2.94. The van der Waals surface area contributed by atoms with E-state index in [2.05, 4.69) is 27.4 Å². The number of aliphatic hydroxyl groups is 1. The number of nitrogens with zero attached hydrogens (tertiary/aromatic N) is 2. The van der Waals surface area contributed by atoms with Crippen LogP contribution in [0, 0.1) is 0 Å². The summed E-state index contributed by atoms with van der Waals surface area (Å²) in [5.74, 6) is 0. The maximum Gasteiger partial charge on any atom is 0.0762 e. The van der Waals surface area contributed by atoms with E-state index in [0.29, 0.717) is 6.04 Å². The van der Waals surface area contributed by atoms with Gasteiger partial charge in [-0.05, 0) is 38.8 Å². The van der Waals surface area contributed by atoms with Crippen LogP contribution in [0.5, 0.6) is 0 Å². The van der Waals surface area contributed by atoms with Gasteiger partial charge in [0.15, 0.2) is 0 Å². The normalized spacial score (nSPS) is 18.7. The number of aliphatic hydroxyl groups excluding tert-OH is 1. The molecule has 1 unspecified atom stereocenters. The highest BCUT2D eigenvalue weighted by Crippen LogP contribution is 2.28. The Kier molecular flexibility index (Phi) is 4.57. The molecule has 1 fully saturated rings. The van der Waals surface area contributed by atoms with Crippen molar-refractivity contribution in [3.63, 3.8) is 0 Å². The smallest absolute Gasteiger partial charge is 0.0762 e. The molecule has 4 heteroatoms. The lowest BCUT2D eigenvalue weighted by molar-refractivity contribution is 0.183. The van der Waals surface area contributed by atoms with E-state index in [4.69, 9.17) is 5.11 Å². The Bertz CT molecular complexity index is 329. The Hall–Kier alpha value is -0.870. The second-order valence-corrected chi connectivity index (χ2v) is 5.04. The fourth-order valence-electron chi connectivity index (χ4n) is 2.37. The lowest BCUT2D eigenvalue weighted by Gasteiger charge is -2.09. The maximum absolute atomic E-state index is 9.14. The molecule has 0 radical (unpaired) electrons. The highest BCUT2D eigenvalue weighted by Gasteiger charge is 2.17. The molecule has 1 aromatic heterocycles. The Morgan fingerprint density at radius 2 is 2.29 bits per heavy atom. The topological polar surface area (TPSA) is 50.1 Å². The number of hydrogen-bond donors (Lipinski definition) is 2. The second kappa shape index (κ2) is 6.17. The Morgan fingerprint density at radius 3 is 3.00 bits per heavy atom. The van der Waals surface area contributed by atoms with Gasteiger partial charge in [0.1, 0.15) is 0 Å². The van der Waals surface area contributed by atoms with Crippen LogP contribution in [0.1, 0.15) is 50.8 Å². The third kappa shape index (κ3) is 3.82. The van der Waals surface area contributed by atoms with Crippen molar-refractivity contribution in [1.29, 1.82) is 0 Å². The molecule has 96 valence electrons. The fourth-order valence-corrected chi connectivity index (χ4v) is 2.37. The molecule has 0 bridgehead atoms. The highest BCUT2D eigenvalue weighted by molar-refractivity contribution is 4.99. The van der Waals surface area contributed by atoms with E-state index in [-0.39, 0.29) is 6.10 Å². The van der Waals surface area contributed by atoms with Gasteiger partial charge in [0, 0.05) is 12.7 Å². The molecule has 0 amide bonds. The molecule has 0 aliphatic heterocycles. The summed E-state index contributed by atoms with van der Waals surface area (Å²) in [4.78, 5) is 0. The Morgan fingerprint density at radius 1 is 1.53 bits per heavy atom. The van der Waals surface area contributed by atoms with Crippen molar-refractivity contribution in [2.75, 3.05) is 6.54 Å². The van der Waals surface area contributed by atoms with E-state index in [9.17, 15) is 0 Å². The van der Waals surface area contributed by atoms with E-state index < -0.39 is 0 Å². The molecule has 2 rings (SSSR count). The van der Waals surface area contributed by atoms with Crippen molar-refractivity contribution in [1.82, 2.24) is 15.1 Å². The van der Waals surface area contributed by atoms with E-state index in [1.54, 1.807) is 0 Å². The molecule has 1 heterocycles. The van der Waals surface area contributed by atoms with Crippen molar-refractivity contribution in [3.05, 3.63) is 18.0 Å². The van der Waals surface area contributed by atoms with Gasteiger partial charge in [-0.3, -0.25) is 4.68 Å². The third-order valence-electron chi connectivity index (χ3n) is 3.41. The molecular formula is C13H23N3O. The van der Waals surface area contributed by atoms with Gasteiger partial charge >= 0.3 is 0 Å². The van der Waals surface area contributed by atoms with Gasteiger partial charge in [0.25, 0.3) is 0 Å². The summed E-state index contributed by atoms with van der Waals surface area (Å²) in [5, 5.41) is 17.0. The molecule has 0 saturated heterocycles. The number of rotatable bonds is 6. The Labute approximate surface area is 103 Å². The van der Waals surface area contributed by atoms with Crippen molar-refractivity contribution < 1.29 is 5.11 Å². The first kappa shape index (κ1) is 12.6. The monoisotopic (exact) mass is 237 g/mol. The van der Waals surface area contributed by atoms with Crippen LogP contribution in [0.15, 0.2) is 12.3 Å². The average molecular weight is 237 g/mol. The molecule has 17 heavy (non-hydrogen) atoms. The molecule has 1 saturated carbocycles. The largest absolute Gasteiger partial charge is 0.393 e. The van der Waals surface area contributed by atoms with Crippen LogP contribution in [0.25, 0.3) is 0 Å². The molecule has 1 atom stereocenters. The van der Waals surface area contributed by atoms with Gasteiger partial charge in [-0.25, -0.2) is 0 Å². The summed E-state index contributed by atoms with van der Waals surface area (Å²) in [6.07, 6.45) is 7.90. The molecule has 4 nitrogen and oxygen atoms in total. The van der Waals surface area contributed by atoms with Crippen LogP contribution in [0.3, 0.4) is 0 Å². The van der Waals surface area contributed by atoms with Gasteiger partial charge in [0.2, 0.25) is 0 Å². The zero-order chi connectivity index (χ0) is 12.1. The number of nitrogens with one attached hydrogen (secondary N) is 1. The summed E-state index contributed by atoms with van der Waals surface area (Å²) in [5.41, 5.74) is 1.10. The van der Waals surface area contributed by atoms with Gasteiger partial charge in [-0.2, -0.15) is 5.10 Å². The highest BCUT2D eigenvalue weighted by atomic mass is 16.3. The van der Waals surface area contributed by atoms with Crippen LogP contribution in [-0.4, -0.2) is 27.5 Å². The molecule has 2 N–H and O–H groups in total. The summed E-state index contributed by atoms with van der Waals surface area (Å²) in [7, 11) is 0. The van der Waals surface area contributed by atoms with Crippen LogP contribution >= 0.6 is 0 Å². The van der Waals surface area contributed by atoms with Gasteiger partial charge in [-0.1, -0.05) is 12.8 Å². The van der Waals surface area contributed by atoms with Crippen LogP contribution in [-0.2, 0) is 6.54 Å². The first-order chi connectivity index (χ1) is 8.25. The summed E-state index contributed by atoms with van der Waals surface area (Å²) >= 11 is 0. The van der Waals surface area contributed by atoms with Gasteiger partial charge < -0.3 is 10.4 Å². The van der Waals surface area contributed by atoms with Gasteiger partial charge in [0.05, 0.1) is 17.8 Å². The molecule has 0 aromatic carbocycles. The van der Waals surface area contributed by atoms with Crippen molar-refractivity contribution in [2.24, 2.45) is 0 Å². The van der Waals surface area contributed by atoms with E-state index in [1.807, 2.05) is 6.92 Å². The molecule has 0 spiro atoms. The minimum absolute atomic E-state index is 0.224. The third-order valence-corrected chi connectivity index (χ3v) is 3.41. The van der Waals surface area contributed by atoms with Crippen LogP contribution in [0.2, 0.25) is 0 Å². The lowest BCUT2D eigenvalue weighted by atomic mass is 10.3. The molecule has 1 aromatic rings. The standard InChI is InChI=1S/C13H23N3O/c1-11(17)6-8-14-10-12-7-9-16(15-12)13-4-2-3-5-13/h7,9,11,13-14,17H,2-6,8,10H2,1H3. The van der Waals surface area contributed by atoms with E-state index >= 15 is 0 Å². The second-order valence-electron chi connectivity index (χ2n) is 5.04. The number of hydrogen-bond acceptors (Lipinski definition) is 3. The molecule has 1 aliphatic carbocycles. The summed E-state index contributed by atoms with van der Waals surface area (Å²) < 4.78 is 2.12. The first-order valence-electron chi connectivity index (χ1n) is 6.68. The van der Waals surface area contributed by atoms with Crippen molar-refractivity contribution in [2.45, 2.75) is 57.7 Å². The fraction of sp³-hybridized carbons (Fsp3) is 0.769. The SMILES string of the molecule is CC(O)CCNCc1ccn(C2CCCC2)n1. The number of aromatic nitrogens is 2. The predicted molar refractivity (Wildman–Crippen MR) is 67.7 cm³/mol. The minimum atomic E-state index is -0.224. The minimum Gasteiger partial charge on any atom is -0.393 e. The lowest BCUT2D eigenvalue weighted by Crippen LogP contribution is -2.19. The van der Waals surface area contributed by atoms with E-state index in [0.717, 1.165) is 25.2 Å². The van der Waals surface area contributed by atoms with Crippen molar-refractivity contribution in [3.8, 4) is 0 Å². The Balaban J connectivity index is 1.74. The van der Waals surface area contributed by atoms with Gasteiger partial charge in [-0.15, -0.1) is 0 Å². The zero-order valence-electron chi connectivity index (χ0n) is 10.6. The molecular weight excluding hydrogens is 214 g/mol. The predicted octanol–water partition coefficient (Wildman–Crippen LogP) is 1.86. The quantitative estimate of drug-likeness (QED) is 0.742. The van der Waals surface area contributed by atoms with Crippen LogP contribution < -0.4 is 5.32 Å². The van der Waals surface area contributed by atoms with E-state index in [1.165, 1.54) is 25.7 Å². The first-order valence-corrected chi connectivity index (χ1v) is 6.68. The maximum atomic E-state index is 9.14. The zero-order valence-corrected chi connectivity index (χ0v) is 10.6. The van der Waals surface area contributed by atoms with Crippen molar-refractivity contribution >= 4 is 0 Å².